The van der Waals surface area contributed by atoms with Gasteiger partial charge in [0.15, 0.2) is 0 Å². The Morgan fingerprint density at radius 1 is 1.15 bits per heavy atom. The molecule has 0 bridgehead atoms. The van der Waals surface area contributed by atoms with Crippen LogP contribution in [0.5, 0.6) is 0 Å². The minimum atomic E-state index is -3.37. The van der Waals surface area contributed by atoms with Crippen LogP contribution in [-0.2, 0) is 10.0 Å². The van der Waals surface area contributed by atoms with Gasteiger partial charge in [0, 0.05) is 25.3 Å². The van der Waals surface area contributed by atoms with Crippen molar-refractivity contribution in [1.29, 1.82) is 0 Å². The van der Waals surface area contributed by atoms with E-state index >= 15 is 0 Å². The van der Waals surface area contributed by atoms with Crippen LogP contribution in [-0.4, -0.2) is 34.6 Å². The predicted molar refractivity (Wildman–Crippen MR) is 83.5 cm³/mol. The molecule has 20 heavy (non-hydrogen) atoms. The molecule has 1 aromatic carbocycles. The van der Waals surface area contributed by atoms with E-state index in [2.05, 4.69) is 16.5 Å². The Balaban J connectivity index is 2.87. The predicted octanol–water partition coefficient (Wildman–Crippen LogP) is 1.55. The first-order valence-electron chi connectivity index (χ1n) is 7.10. The molecule has 0 heterocycles. The number of rotatable bonds is 9. The van der Waals surface area contributed by atoms with Gasteiger partial charge in [-0.2, -0.15) is 0 Å². The Bertz CT molecular complexity index is 486. The van der Waals surface area contributed by atoms with Crippen LogP contribution in [0, 0.1) is 0 Å². The fraction of sp³-hybridized carbons (Fsp3) is 0.571. The van der Waals surface area contributed by atoms with Gasteiger partial charge in [-0.3, -0.25) is 0 Å². The summed E-state index contributed by atoms with van der Waals surface area (Å²) in [5.41, 5.74) is 6.59. The molecule has 0 amide bonds. The van der Waals surface area contributed by atoms with Crippen molar-refractivity contribution >= 4 is 15.7 Å². The molecule has 0 saturated heterocycles. The molecule has 0 fully saturated rings. The number of sulfonamides is 1. The third-order valence-corrected chi connectivity index (χ3v) is 4.53. The first-order chi connectivity index (χ1) is 9.55. The van der Waals surface area contributed by atoms with Crippen molar-refractivity contribution in [3.8, 4) is 0 Å². The summed E-state index contributed by atoms with van der Waals surface area (Å²) < 4.78 is 26.2. The summed E-state index contributed by atoms with van der Waals surface area (Å²) in [6.45, 7) is 6.78. The van der Waals surface area contributed by atoms with Crippen LogP contribution in [0.1, 0.15) is 26.7 Å². The molecular weight excluding hydrogens is 274 g/mol. The van der Waals surface area contributed by atoms with Gasteiger partial charge in [0.1, 0.15) is 0 Å². The van der Waals surface area contributed by atoms with Crippen LogP contribution in [0.3, 0.4) is 0 Å². The summed E-state index contributed by atoms with van der Waals surface area (Å²) in [5, 5.41) is 0. The van der Waals surface area contributed by atoms with Gasteiger partial charge in [-0.05, 0) is 43.7 Å². The van der Waals surface area contributed by atoms with Crippen molar-refractivity contribution in [3.63, 3.8) is 0 Å². The highest BCUT2D eigenvalue weighted by Gasteiger charge is 2.13. The molecular formula is C14H25N3O2S. The summed E-state index contributed by atoms with van der Waals surface area (Å²) in [4.78, 5) is 2.54. The summed E-state index contributed by atoms with van der Waals surface area (Å²) in [5.74, 6) is 0. The highest BCUT2D eigenvalue weighted by molar-refractivity contribution is 7.89. The van der Waals surface area contributed by atoms with Crippen LogP contribution in [0.25, 0.3) is 0 Å². The molecule has 1 rings (SSSR count). The van der Waals surface area contributed by atoms with Crippen molar-refractivity contribution in [2.24, 2.45) is 5.73 Å². The first-order valence-corrected chi connectivity index (χ1v) is 8.58. The highest BCUT2D eigenvalue weighted by Crippen LogP contribution is 2.18. The van der Waals surface area contributed by atoms with E-state index in [1.54, 1.807) is 19.1 Å². The largest absolute Gasteiger partial charge is 0.371 e. The SMILES string of the molecule is CCCN(CCCN)c1ccc(S(=O)(=O)NCC)cc1. The molecule has 0 aromatic heterocycles. The number of nitrogens with two attached hydrogens (primary N) is 1. The summed E-state index contributed by atoms with van der Waals surface area (Å²) in [7, 11) is -3.37. The van der Waals surface area contributed by atoms with Gasteiger partial charge in [0.2, 0.25) is 10.0 Å². The lowest BCUT2D eigenvalue weighted by Gasteiger charge is -2.24. The smallest absolute Gasteiger partial charge is 0.240 e. The molecule has 0 spiro atoms. The van der Waals surface area contributed by atoms with Gasteiger partial charge in [-0.25, -0.2) is 13.1 Å². The van der Waals surface area contributed by atoms with Crippen molar-refractivity contribution in [2.45, 2.75) is 31.6 Å². The van der Waals surface area contributed by atoms with E-state index in [9.17, 15) is 8.42 Å². The third kappa shape index (κ3) is 4.77. The van der Waals surface area contributed by atoms with Gasteiger partial charge >= 0.3 is 0 Å². The number of nitrogens with one attached hydrogen (secondary N) is 1. The average molecular weight is 299 g/mol. The second-order valence-corrected chi connectivity index (χ2v) is 6.39. The number of hydrogen-bond donors (Lipinski definition) is 2. The maximum Gasteiger partial charge on any atom is 0.240 e. The van der Waals surface area contributed by atoms with Crippen LogP contribution in [0.4, 0.5) is 5.69 Å². The van der Waals surface area contributed by atoms with Crippen LogP contribution >= 0.6 is 0 Å². The lowest BCUT2D eigenvalue weighted by molar-refractivity contribution is 0.584. The van der Waals surface area contributed by atoms with Gasteiger partial charge in [-0.15, -0.1) is 0 Å². The minimum absolute atomic E-state index is 0.304. The molecule has 0 aliphatic heterocycles. The molecule has 3 N–H and O–H groups in total. The van der Waals surface area contributed by atoms with Crippen molar-refractivity contribution < 1.29 is 8.42 Å². The molecule has 5 nitrogen and oxygen atoms in total. The van der Waals surface area contributed by atoms with Gasteiger partial charge in [0.05, 0.1) is 4.90 Å². The second-order valence-electron chi connectivity index (χ2n) is 4.62. The summed E-state index contributed by atoms with van der Waals surface area (Å²) in [6, 6.07) is 7.02. The maximum atomic E-state index is 11.9. The average Bonchev–Trinajstić information content (AvgIpc) is 2.43. The molecule has 114 valence electrons. The number of benzene rings is 1. The van der Waals surface area contributed by atoms with Gasteiger partial charge < -0.3 is 10.6 Å². The number of hydrogen-bond acceptors (Lipinski definition) is 4. The molecule has 0 aliphatic rings. The lowest BCUT2D eigenvalue weighted by Crippen LogP contribution is -2.27. The fourth-order valence-corrected chi connectivity index (χ4v) is 3.07. The monoisotopic (exact) mass is 299 g/mol. The molecule has 0 unspecified atom stereocenters. The van der Waals surface area contributed by atoms with Crippen LogP contribution in [0.2, 0.25) is 0 Å². The highest BCUT2D eigenvalue weighted by atomic mass is 32.2. The third-order valence-electron chi connectivity index (χ3n) is 2.97. The zero-order valence-electron chi connectivity index (χ0n) is 12.3. The van der Waals surface area contributed by atoms with Crippen molar-refractivity contribution in [2.75, 3.05) is 31.1 Å². The molecule has 6 heteroatoms. The van der Waals surface area contributed by atoms with E-state index in [4.69, 9.17) is 5.73 Å². The minimum Gasteiger partial charge on any atom is -0.371 e. The van der Waals surface area contributed by atoms with Crippen LogP contribution in [0.15, 0.2) is 29.2 Å². The topological polar surface area (TPSA) is 75.4 Å². The van der Waals surface area contributed by atoms with E-state index < -0.39 is 10.0 Å². The molecule has 1 aromatic rings. The van der Waals surface area contributed by atoms with Gasteiger partial charge in [-0.1, -0.05) is 13.8 Å². The zero-order valence-corrected chi connectivity index (χ0v) is 13.1. The van der Waals surface area contributed by atoms with E-state index in [-0.39, 0.29) is 0 Å². The van der Waals surface area contributed by atoms with E-state index in [1.165, 1.54) is 0 Å². The van der Waals surface area contributed by atoms with Gasteiger partial charge in [0.25, 0.3) is 0 Å². The van der Waals surface area contributed by atoms with E-state index in [0.29, 0.717) is 18.0 Å². The Morgan fingerprint density at radius 3 is 2.30 bits per heavy atom. The van der Waals surface area contributed by atoms with Crippen molar-refractivity contribution in [1.82, 2.24) is 4.72 Å². The quantitative estimate of drug-likeness (QED) is 0.725. The second kappa shape index (κ2) is 8.24. The van der Waals surface area contributed by atoms with E-state index in [1.807, 2.05) is 12.1 Å². The maximum absolute atomic E-state index is 11.9. The molecule has 0 saturated carbocycles. The van der Waals surface area contributed by atoms with Crippen molar-refractivity contribution in [3.05, 3.63) is 24.3 Å². The standard InChI is InChI=1S/C14H25N3O2S/c1-3-11-17(12-5-10-15)13-6-8-14(9-7-13)20(18,19)16-4-2/h6-9,16H,3-5,10-12,15H2,1-2H3. The fourth-order valence-electron chi connectivity index (χ4n) is 2.03. The summed E-state index contributed by atoms with van der Waals surface area (Å²) in [6.07, 6.45) is 1.97. The van der Waals surface area contributed by atoms with Crippen LogP contribution < -0.4 is 15.4 Å². The number of nitrogens with zero attached hydrogens (tertiary/aromatic N) is 1. The molecule has 0 atom stereocenters. The lowest BCUT2D eigenvalue weighted by atomic mass is 10.2. The number of anilines is 1. The Hall–Kier alpha value is -1.11. The Labute approximate surface area is 122 Å². The zero-order chi connectivity index (χ0) is 15.0. The van der Waals surface area contributed by atoms with E-state index in [0.717, 1.165) is 31.6 Å². The Kier molecular flexibility index (Phi) is 6.98. The first kappa shape index (κ1) is 16.9. The molecule has 0 radical (unpaired) electrons. The normalized spacial score (nSPS) is 11.6. The Morgan fingerprint density at radius 2 is 1.80 bits per heavy atom. The summed E-state index contributed by atoms with van der Waals surface area (Å²) >= 11 is 0. The molecule has 0 aliphatic carbocycles.